The molecule has 1 heterocycles. The molecule has 0 aliphatic rings. The van der Waals surface area contributed by atoms with E-state index >= 15 is 0 Å². The number of hydrogen-bond donors (Lipinski definition) is 1. The molecule has 0 aliphatic heterocycles. The molecule has 1 atom stereocenters. The molecule has 41 heavy (non-hydrogen) atoms. The van der Waals surface area contributed by atoms with Crippen LogP contribution in [0, 0.1) is 12.7 Å². The minimum absolute atomic E-state index is 0.243. The third kappa shape index (κ3) is 7.51. The summed E-state index contributed by atoms with van der Waals surface area (Å²) in [7, 11) is 0. The van der Waals surface area contributed by atoms with Crippen molar-refractivity contribution < 1.29 is 9.18 Å². The molecule has 0 spiro atoms. The summed E-state index contributed by atoms with van der Waals surface area (Å²) in [6.45, 7) is 2.00. The number of aryl methyl sites for hydroxylation is 1. The number of rotatable bonds is 10. The van der Waals surface area contributed by atoms with Gasteiger partial charge in [0.05, 0.1) is 11.7 Å². The summed E-state index contributed by atoms with van der Waals surface area (Å²) in [6, 6.07) is 31.2. The molecule has 5 nitrogen and oxygen atoms in total. The fourth-order valence-electron chi connectivity index (χ4n) is 4.39. The van der Waals surface area contributed by atoms with Crippen LogP contribution in [0.5, 0.6) is 0 Å². The summed E-state index contributed by atoms with van der Waals surface area (Å²) >= 11 is 7.93. The molecule has 0 radical (unpaired) electrons. The molecule has 8 heteroatoms. The van der Waals surface area contributed by atoms with E-state index in [1.54, 1.807) is 18.2 Å². The summed E-state index contributed by atoms with van der Waals surface area (Å²) in [6.07, 6.45) is 3.82. The Balaban J connectivity index is 1.52. The third-order valence-corrected chi connectivity index (χ3v) is 7.72. The normalized spacial score (nSPS) is 12.0. The largest absolute Gasteiger partial charge is 0.342 e. The number of amides is 1. The molecule has 4 aromatic carbocycles. The lowest BCUT2D eigenvalue weighted by molar-refractivity contribution is -0.117. The van der Waals surface area contributed by atoms with E-state index in [0.29, 0.717) is 28.2 Å². The van der Waals surface area contributed by atoms with E-state index in [1.165, 1.54) is 30.0 Å². The van der Waals surface area contributed by atoms with E-state index in [0.717, 1.165) is 27.9 Å². The van der Waals surface area contributed by atoms with E-state index in [9.17, 15) is 9.18 Å². The maximum absolute atomic E-state index is 13.5. The molecule has 5 aromatic rings. The van der Waals surface area contributed by atoms with Gasteiger partial charge in [-0.3, -0.25) is 9.36 Å². The SMILES string of the molecule is Cc1ccc(Cl)cc1-n1c(SCc2ccc(F)cc2)nnc1C(Cc1ccccc1)NC(=O)/C=C/c1ccccc1. The van der Waals surface area contributed by atoms with Crippen LogP contribution < -0.4 is 5.32 Å². The standard InChI is InChI=1S/C33H28ClFN4OS/c1-23-12-16-27(34)21-30(23)39-32(37-38-33(39)41-22-26-13-17-28(35)18-14-26)29(20-25-10-6-3-7-11-25)36-31(40)19-15-24-8-4-2-5-9-24/h2-19,21,29H,20,22H2,1H3,(H,36,40)/b19-15+. The highest BCUT2D eigenvalue weighted by molar-refractivity contribution is 7.98. The Morgan fingerprint density at radius 1 is 0.951 bits per heavy atom. The number of nitrogens with one attached hydrogen (secondary N) is 1. The van der Waals surface area contributed by atoms with Crippen molar-refractivity contribution in [2.45, 2.75) is 30.3 Å². The first-order valence-electron chi connectivity index (χ1n) is 13.1. The van der Waals surface area contributed by atoms with E-state index in [2.05, 4.69) is 15.5 Å². The lowest BCUT2D eigenvalue weighted by Gasteiger charge is -2.21. The molecule has 206 valence electrons. The summed E-state index contributed by atoms with van der Waals surface area (Å²) in [5, 5.41) is 13.5. The van der Waals surface area contributed by atoms with Crippen LogP contribution in [0.3, 0.4) is 0 Å². The van der Waals surface area contributed by atoms with Crippen LogP contribution >= 0.6 is 23.4 Å². The maximum atomic E-state index is 13.5. The van der Waals surface area contributed by atoms with Crippen LogP contribution in [0.1, 0.15) is 34.1 Å². The molecule has 0 bridgehead atoms. The summed E-state index contributed by atoms with van der Waals surface area (Å²) in [5.41, 5.74) is 4.73. The molecule has 5 rings (SSSR count). The Hall–Kier alpha value is -4.20. The van der Waals surface area contributed by atoms with Gasteiger partial charge in [0.2, 0.25) is 5.91 Å². The van der Waals surface area contributed by atoms with Crippen molar-refractivity contribution in [1.82, 2.24) is 20.1 Å². The zero-order chi connectivity index (χ0) is 28.6. The highest BCUT2D eigenvalue weighted by Gasteiger charge is 2.25. The van der Waals surface area contributed by atoms with Crippen LogP contribution in [-0.4, -0.2) is 20.7 Å². The molecule has 0 fully saturated rings. The molecule has 0 aliphatic carbocycles. The lowest BCUT2D eigenvalue weighted by Crippen LogP contribution is -2.30. The highest BCUT2D eigenvalue weighted by atomic mass is 35.5. The van der Waals surface area contributed by atoms with Crippen molar-refractivity contribution in [2.24, 2.45) is 0 Å². The number of hydrogen-bond acceptors (Lipinski definition) is 4. The molecule has 1 amide bonds. The lowest BCUT2D eigenvalue weighted by atomic mass is 10.0. The summed E-state index contributed by atoms with van der Waals surface area (Å²) < 4.78 is 15.4. The molecule has 0 saturated heterocycles. The molecule has 1 aromatic heterocycles. The third-order valence-electron chi connectivity index (χ3n) is 6.49. The first kappa shape index (κ1) is 28.3. The van der Waals surface area contributed by atoms with Crippen molar-refractivity contribution in [1.29, 1.82) is 0 Å². The highest BCUT2D eigenvalue weighted by Crippen LogP contribution is 2.31. The van der Waals surface area contributed by atoms with Crippen molar-refractivity contribution in [3.05, 3.63) is 148 Å². The van der Waals surface area contributed by atoms with Gasteiger partial charge in [0.15, 0.2) is 11.0 Å². The number of carbonyl (C=O) groups is 1. The number of nitrogens with zero attached hydrogens (tertiary/aromatic N) is 3. The first-order valence-corrected chi connectivity index (χ1v) is 14.5. The average Bonchev–Trinajstić information content (AvgIpc) is 3.41. The molecule has 0 saturated carbocycles. The van der Waals surface area contributed by atoms with Crippen LogP contribution in [0.25, 0.3) is 11.8 Å². The van der Waals surface area contributed by atoms with Gasteiger partial charge in [-0.1, -0.05) is 102 Å². The average molecular weight is 583 g/mol. The quantitative estimate of drug-likeness (QED) is 0.135. The van der Waals surface area contributed by atoms with Gasteiger partial charge in [0, 0.05) is 16.9 Å². The van der Waals surface area contributed by atoms with Crippen LogP contribution in [-0.2, 0) is 17.0 Å². The predicted octanol–water partition coefficient (Wildman–Crippen LogP) is 7.77. The zero-order valence-corrected chi connectivity index (χ0v) is 23.9. The van der Waals surface area contributed by atoms with E-state index < -0.39 is 6.04 Å². The Bertz CT molecular complexity index is 1640. The smallest absolute Gasteiger partial charge is 0.244 e. The second kappa shape index (κ2) is 13.4. The van der Waals surface area contributed by atoms with Gasteiger partial charge in [0.1, 0.15) is 5.82 Å². The van der Waals surface area contributed by atoms with Crippen LogP contribution in [0.4, 0.5) is 4.39 Å². The van der Waals surface area contributed by atoms with E-state index in [4.69, 9.17) is 11.6 Å². The fraction of sp³-hybridized carbons (Fsp3) is 0.121. The zero-order valence-electron chi connectivity index (χ0n) is 22.4. The molecule has 1 N–H and O–H groups in total. The second-order valence-electron chi connectivity index (χ2n) is 9.52. The number of aromatic nitrogens is 3. The van der Waals surface area contributed by atoms with Crippen LogP contribution in [0.2, 0.25) is 5.02 Å². The van der Waals surface area contributed by atoms with E-state index in [1.807, 2.05) is 90.4 Å². The Labute approximate surface area is 248 Å². The van der Waals surface area contributed by atoms with Gasteiger partial charge in [0.25, 0.3) is 0 Å². The van der Waals surface area contributed by atoms with Gasteiger partial charge in [-0.05, 0) is 65.9 Å². The molecular weight excluding hydrogens is 555 g/mol. The predicted molar refractivity (Wildman–Crippen MR) is 164 cm³/mol. The van der Waals surface area contributed by atoms with Crippen LogP contribution in [0.15, 0.2) is 114 Å². The first-order chi connectivity index (χ1) is 20.0. The minimum atomic E-state index is -0.489. The number of carbonyl (C=O) groups excluding carboxylic acids is 1. The number of benzene rings is 4. The Morgan fingerprint density at radius 3 is 2.39 bits per heavy atom. The van der Waals surface area contributed by atoms with Crippen molar-refractivity contribution >= 4 is 35.3 Å². The van der Waals surface area contributed by atoms with Crippen molar-refractivity contribution in [2.75, 3.05) is 0 Å². The molecular formula is C33H28ClFN4OS. The number of halogens is 2. The maximum Gasteiger partial charge on any atom is 0.244 e. The topological polar surface area (TPSA) is 59.8 Å². The number of thioether (sulfide) groups is 1. The van der Waals surface area contributed by atoms with Gasteiger partial charge in [-0.15, -0.1) is 10.2 Å². The second-order valence-corrected chi connectivity index (χ2v) is 10.9. The van der Waals surface area contributed by atoms with Gasteiger partial charge in [-0.25, -0.2) is 4.39 Å². The van der Waals surface area contributed by atoms with Gasteiger partial charge >= 0.3 is 0 Å². The summed E-state index contributed by atoms with van der Waals surface area (Å²) in [4.78, 5) is 13.2. The van der Waals surface area contributed by atoms with Crippen molar-refractivity contribution in [3.63, 3.8) is 0 Å². The van der Waals surface area contributed by atoms with E-state index in [-0.39, 0.29) is 11.7 Å². The monoisotopic (exact) mass is 582 g/mol. The summed E-state index contributed by atoms with van der Waals surface area (Å²) in [5.74, 6) is 0.627. The minimum Gasteiger partial charge on any atom is -0.342 e. The van der Waals surface area contributed by atoms with Gasteiger partial charge in [-0.2, -0.15) is 0 Å². The van der Waals surface area contributed by atoms with Crippen molar-refractivity contribution in [3.8, 4) is 5.69 Å². The van der Waals surface area contributed by atoms with Gasteiger partial charge < -0.3 is 5.32 Å². The molecule has 1 unspecified atom stereocenters. The fourth-order valence-corrected chi connectivity index (χ4v) is 5.47. The Morgan fingerprint density at radius 2 is 1.66 bits per heavy atom. The Kier molecular flexibility index (Phi) is 9.29.